The van der Waals surface area contributed by atoms with Gasteiger partial charge in [-0.15, -0.1) is 11.8 Å². The molecule has 1 aliphatic heterocycles. The second-order valence-corrected chi connectivity index (χ2v) is 6.51. The van der Waals surface area contributed by atoms with E-state index in [1.54, 1.807) is 23.8 Å². The number of carbonyl (C=O) groups is 2. The van der Waals surface area contributed by atoms with Crippen molar-refractivity contribution < 1.29 is 14.3 Å². The van der Waals surface area contributed by atoms with Crippen molar-refractivity contribution in [1.82, 2.24) is 10.2 Å². The maximum Gasteiger partial charge on any atom is 0.225 e. The topological polar surface area (TPSA) is 58.6 Å². The zero-order chi connectivity index (χ0) is 16.7. The summed E-state index contributed by atoms with van der Waals surface area (Å²) in [6, 6.07) is 8.17. The smallest absolute Gasteiger partial charge is 0.225 e. The fourth-order valence-electron chi connectivity index (χ4n) is 2.62. The van der Waals surface area contributed by atoms with Gasteiger partial charge in [-0.05, 0) is 30.4 Å². The molecule has 0 radical (unpaired) electrons. The van der Waals surface area contributed by atoms with Crippen molar-refractivity contribution in [2.75, 3.05) is 33.1 Å². The van der Waals surface area contributed by atoms with E-state index in [0.717, 1.165) is 5.56 Å². The van der Waals surface area contributed by atoms with Crippen LogP contribution in [0.4, 0.5) is 0 Å². The molecular weight excluding hydrogens is 312 g/mol. The summed E-state index contributed by atoms with van der Waals surface area (Å²) in [4.78, 5) is 27.1. The molecule has 2 rings (SSSR count). The molecule has 1 aliphatic rings. The number of hydrogen-bond donors (Lipinski definition) is 1. The number of amides is 2. The number of rotatable bonds is 7. The van der Waals surface area contributed by atoms with Crippen molar-refractivity contribution in [2.24, 2.45) is 5.92 Å². The molecule has 0 saturated carbocycles. The standard InChI is InChI=1S/C17H24N2O3S/c1-22-10-9-19-12-14(5-8-16(19)20)17(21)18-11-13-3-6-15(23-2)7-4-13/h3-4,6-7,14H,5,8-12H2,1-2H3,(H,18,21). The summed E-state index contributed by atoms with van der Waals surface area (Å²) < 4.78 is 5.02. The van der Waals surface area contributed by atoms with E-state index in [0.29, 0.717) is 39.1 Å². The Balaban J connectivity index is 1.83. The Kier molecular flexibility index (Phi) is 6.92. The maximum atomic E-state index is 12.3. The number of carbonyl (C=O) groups excluding carboxylic acids is 2. The fourth-order valence-corrected chi connectivity index (χ4v) is 3.03. The van der Waals surface area contributed by atoms with Gasteiger partial charge in [0.15, 0.2) is 0 Å². The van der Waals surface area contributed by atoms with Gasteiger partial charge >= 0.3 is 0 Å². The van der Waals surface area contributed by atoms with E-state index < -0.39 is 0 Å². The Morgan fingerprint density at radius 3 is 2.78 bits per heavy atom. The van der Waals surface area contributed by atoms with E-state index in [1.165, 1.54) is 4.90 Å². The molecule has 1 aromatic rings. The second-order valence-electron chi connectivity index (χ2n) is 5.63. The molecule has 5 nitrogen and oxygen atoms in total. The van der Waals surface area contributed by atoms with Crippen LogP contribution in [-0.4, -0.2) is 49.8 Å². The Hall–Kier alpha value is -1.53. The first kappa shape index (κ1) is 17.8. The highest BCUT2D eigenvalue weighted by Gasteiger charge is 2.29. The molecule has 1 heterocycles. The molecule has 2 amide bonds. The largest absolute Gasteiger partial charge is 0.383 e. The summed E-state index contributed by atoms with van der Waals surface area (Å²) in [7, 11) is 1.61. The molecule has 0 aliphatic carbocycles. The predicted molar refractivity (Wildman–Crippen MR) is 91.2 cm³/mol. The Bertz CT molecular complexity index is 533. The molecule has 1 fully saturated rings. The van der Waals surface area contributed by atoms with Crippen molar-refractivity contribution in [1.29, 1.82) is 0 Å². The lowest BCUT2D eigenvalue weighted by Crippen LogP contribution is -2.46. The summed E-state index contributed by atoms with van der Waals surface area (Å²) in [5, 5.41) is 2.98. The highest BCUT2D eigenvalue weighted by molar-refractivity contribution is 7.98. The second kappa shape index (κ2) is 8.93. The van der Waals surface area contributed by atoms with Gasteiger partial charge in [0.1, 0.15) is 0 Å². The van der Waals surface area contributed by atoms with Crippen LogP contribution in [-0.2, 0) is 20.9 Å². The van der Waals surface area contributed by atoms with Gasteiger partial charge in [-0.2, -0.15) is 0 Å². The number of piperidine rings is 1. The SMILES string of the molecule is COCCN1CC(C(=O)NCc2ccc(SC)cc2)CCC1=O. The number of likely N-dealkylation sites (tertiary alicyclic amines) is 1. The van der Waals surface area contributed by atoms with Gasteiger partial charge in [0, 0.05) is 38.1 Å². The number of methoxy groups -OCH3 is 1. The summed E-state index contributed by atoms with van der Waals surface area (Å²) in [5.41, 5.74) is 1.08. The number of ether oxygens (including phenoxy) is 1. The van der Waals surface area contributed by atoms with E-state index in [4.69, 9.17) is 4.74 Å². The van der Waals surface area contributed by atoms with Crippen molar-refractivity contribution >= 4 is 23.6 Å². The van der Waals surface area contributed by atoms with Crippen molar-refractivity contribution in [3.05, 3.63) is 29.8 Å². The van der Waals surface area contributed by atoms with Crippen LogP contribution >= 0.6 is 11.8 Å². The van der Waals surface area contributed by atoms with E-state index in [-0.39, 0.29) is 17.7 Å². The summed E-state index contributed by atoms with van der Waals surface area (Å²) >= 11 is 1.70. The summed E-state index contributed by atoms with van der Waals surface area (Å²) in [5.74, 6) is 0.00245. The van der Waals surface area contributed by atoms with Gasteiger partial charge in [0.05, 0.1) is 12.5 Å². The third kappa shape index (κ3) is 5.25. The predicted octanol–water partition coefficient (Wildman–Crippen LogP) is 1.91. The molecule has 0 bridgehead atoms. The molecule has 23 heavy (non-hydrogen) atoms. The van der Waals surface area contributed by atoms with Crippen LogP contribution in [0.2, 0.25) is 0 Å². The third-order valence-corrected chi connectivity index (χ3v) is 4.81. The Morgan fingerprint density at radius 1 is 1.39 bits per heavy atom. The van der Waals surface area contributed by atoms with Crippen LogP contribution in [0.15, 0.2) is 29.2 Å². The number of hydrogen-bond acceptors (Lipinski definition) is 4. The highest BCUT2D eigenvalue weighted by atomic mass is 32.2. The summed E-state index contributed by atoms with van der Waals surface area (Å²) in [6.45, 7) is 2.06. The lowest BCUT2D eigenvalue weighted by atomic mass is 9.96. The van der Waals surface area contributed by atoms with Crippen LogP contribution in [0.5, 0.6) is 0 Å². The molecule has 0 aromatic heterocycles. The molecule has 1 unspecified atom stereocenters. The average molecular weight is 336 g/mol. The Labute approximate surface area is 141 Å². The van der Waals surface area contributed by atoms with Crippen molar-refractivity contribution in [2.45, 2.75) is 24.3 Å². The zero-order valence-electron chi connectivity index (χ0n) is 13.7. The van der Waals surface area contributed by atoms with E-state index >= 15 is 0 Å². The highest BCUT2D eigenvalue weighted by Crippen LogP contribution is 2.18. The first-order chi connectivity index (χ1) is 11.1. The van der Waals surface area contributed by atoms with Crippen LogP contribution in [0.3, 0.4) is 0 Å². The van der Waals surface area contributed by atoms with Gasteiger partial charge in [0.2, 0.25) is 11.8 Å². The van der Waals surface area contributed by atoms with Crippen molar-refractivity contribution in [3.63, 3.8) is 0 Å². The molecule has 0 spiro atoms. The van der Waals surface area contributed by atoms with Crippen LogP contribution in [0.1, 0.15) is 18.4 Å². The monoisotopic (exact) mass is 336 g/mol. The molecule has 126 valence electrons. The fraction of sp³-hybridized carbons (Fsp3) is 0.529. The minimum atomic E-state index is -0.130. The molecule has 6 heteroatoms. The lowest BCUT2D eigenvalue weighted by molar-refractivity contribution is -0.138. The van der Waals surface area contributed by atoms with Crippen LogP contribution in [0.25, 0.3) is 0 Å². The minimum Gasteiger partial charge on any atom is -0.383 e. The van der Waals surface area contributed by atoms with Gasteiger partial charge in [-0.25, -0.2) is 0 Å². The first-order valence-corrected chi connectivity index (χ1v) is 9.04. The molecule has 1 aromatic carbocycles. The number of thioether (sulfide) groups is 1. The molecule has 1 saturated heterocycles. The molecule has 1 N–H and O–H groups in total. The van der Waals surface area contributed by atoms with Crippen molar-refractivity contribution in [3.8, 4) is 0 Å². The first-order valence-electron chi connectivity index (χ1n) is 7.81. The van der Waals surface area contributed by atoms with Gasteiger partial charge in [0.25, 0.3) is 0 Å². The quantitative estimate of drug-likeness (QED) is 0.773. The number of benzene rings is 1. The van der Waals surface area contributed by atoms with Gasteiger partial charge in [-0.1, -0.05) is 12.1 Å². The Morgan fingerprint density at radius 2 is 2.13 bits per heavy atom. The molecular formula is C17H24N2O3S. The van der Waals surface area contributed by atoms with E-state index in [2.05, 4.69) is 17.4 Å². The summed E-state index contributed by atoms with van der Waals surface area (Å²) in [6.07, 6.45) is 3.10. The van der Waals surface area contributed by atoms with Gasteiger partial charge < -0.3 is 15.0 Å². The minimum absolute atomic E-state index is 0.0221. The number of nitrogens with zero attached hydrogens (tertiary/aromatic N) is 1. The normalized spacial score (nSPS) is 18.1. The maximum absolute atomic E-state index is 12.3. The third-order valence-electron chi connectivity index (χ3n) is 4.06. The van der Waals surface area contributed by atoms with Gasteiger partial charge in [-0.3, -0.25) is 9.59 Å². The van der Waals surface area contributed by atoms with E-state index in [1.807, 2.05) is 18.4 Å². The number of nitrogens with one attached hydrogen (secondary N) is 1. The molecule has 1 atom stereocenters. The lowest BCUT2D eigenvalue weighted by Gasteiger charge is -2.31. The van der Waals surface area contributed by atoms with Crippen LogP contribution in [0, 0.1) is 5.92 Å². The van der Waals surface area contributed by atoms with E-state index in [9.17, 15) is 9.59 Å². The zero-order valence-corrected chi connectivity index (χ0v) is 14.5. The van der Waals surface area contributed by atoms with Crippen LogP contribution < -0.4 is 5.32 Å². The average Bonchev–Trinajstić information content (AvgIpc) is 2.59.